The first-order chi connectivity index (χ1) is 8.11. The Labute approximate surface area is 100 Å². The molecule has 1 aromatic heterocycles. The molecule has 2 rings (SSSR count). The monoisotopic (exact) mass is 232 g/mol. The van der Waals surface area contributed by atoms with E-state index in [1.54, 1.807) is 11.8 Å². The van der Waals surface area contributed by atoms with Gasteiger partial charge in [0.1, 0.15) is 11.9 Å². The van der Waals surface area contributed by atoms with Gasteiger partial charge in [0.15, 0.2) is 0 Å². The minimum absolute atomic E-state index is 0.653. The summed E-state index contributed by atoms with van der Waals surface area (Å²) in [6, 6.07) is 7.43. The SMILES string of the molecule is COc1ccc(C(O)c2ccn(C)n2)c(C)c1. The minimum Gasteiger partial charge on any atom is -0.497 e. The van der Waals surface area contributed by atoms with Gasteiger partial charge in [-0.3, -0.25) is 4.68 Å². The summed E-state index contributed by atoms with van der Waals surface area (Å²) in [6.07, 6.45) is 1.12. The molecule has 0 aliphatic rings. The molecule has 0 aliphatic carbocycles. The van der Waals surface area contributed by atoms with Crippen molar-refractivity contribution >= 4 is 0 Å². The van der Waals surface area contributed by atoms with E-state index in [9.17, 15) is 5.11 Å². The number of hydrogen-bond donors (Lipinski definition) is 1. The quantitative estimate of drug-likeness (QED) is 0.878. The van der Waals surface area contributed by atoms with Crippen molar-refractivity contribution in [2.24, 2.45) is 7.05 Å². The van der Waals surface area contributed by atoms with Crippen LogP contribution in [0.5, 0.6) is 5.75 Å². The highest BCUT2D eigenvalue weighted by Crippen LogP contribution is 2.26. The van der Waals surface area contributed by atoms with Crippen molar-refractivity contribution in [2.75, 3.05) is 7.11 Å². The Hall–Kier alpha value is -1.81. The molecule has 1 atom stereocenters. The molecule has 0 amide bonds. The highest BCUT2D eigenvalue weighted by molar-refractivity contribution is 5.38. The van der Waals surface area contributed by atoms with Crippen molar-refractivity contribution in [1.82, 2.24) is 9.78 Å². The van der Waals surface area contributed by atoms with Gasteiger partial charge in [-0.25, -0.2) is 0 Å². The zero-order valence-corrected chi connectivity index (χ0v) is 10.2. The second-order valence-corrected chi connectivity index (χ2v) is 4.04. The molecule has 1 N–H and O–H groups in total. The molecule has 17 heavy (non-hydrogen) atoms. The Morgan fingerprint density at radius 2 is 2.12 bits per heavy atom. The Morgan fingerprint density at radius 3 is 2.65 bits per heavy atom. The predicted molar refractivity (Wildman–Crippen MR) is 65.0 cm³/mol. The van der Waals surface area contributed by atoms with Crippen LogP contribution in [0.25, 0.3) is 0 Å². The number of nitrogens with zero attached hydrogens (tertiary/aromatic N) is 2. The standard InChI is InChI=1S/C13H16N2O2/c1-9-8-10(17-3)4-5-11(9)13(16)12-6-7-15(2)14-12/h4-8,13,16H,1-3H3. The highest BCUT2D eigenvalue weighted by atomic mass is 16.5. The van der Waals surface area contributed by atoms with Gasteiger partial charge in [0.2, 0.25) is 0 Å². The van der Waals surface area contributed by atoms with Gasteiger partial charge >= 0.3 is 0 Å². The van der Waals surface area contributed by atoms with Gasteiger partial charge in [0, 0.05) is 13.2 Å². The number of aryl methyl sites for hydroxylation is 2. The lowest BCUT2D eigenvalue weighted by atomic mass is 10.0. The fourth-order valence-electron chi connectivity index (χ4n) is 1.82. The molecule has 4 nitrogen and oxygen atoms in total. The smallest absolute Gasteiger partial charge is 0.123 e. The van der Waals surface area contributed by atoms with Gasteiger partial charge < -0.3 is 9.84 Å². The molecule has 0 saturated heterocycles. The number of aromatic nitrogens is 2. The van der Waals surface area contributed by atoms with Gasteiger partial charge in [-0.2, -0.15) is 5.10 Å². The van der Waals surface area contributed by atoms with Gasteiger partial charge in [-0.05, 0) is 36.2 Å². The van der Waals surface area contributed by atoms with Crippen LogP contribution in [0.2, 0.25) is 0 Å². The Kier molecular flexibility index (Phi) is 3.15. The molecule has 1 heterocycles. The Bertz CT molecular complexity index is 520. The van der Waals surface area contributed by atoms with Crippen LogP contribution in [0, 0.1) is 6.92 Å². The molecule has 2 aromatic rings. The van der Waals surface area contributed by atoms with E-state index in [0.717, 1.165) is 16.9 Å². The summed E-state index contributed by atoms with van der Waals surface area (Å²) in [4.78, 5) is 0. The summed E-state index contributed by atoms with van der Waals surface area (Å²) in [7, 11) is 3.46. The molecular weight excluding hydrogens is 216 g/mol. The summed E-state index contributed by atoms with van der Waals surface area (Å²) in [5, 5.41) is 14.4. The first-order valence-electron chi connectivity index (χ1n) is 5.44. The minimum atomic E-state index is -0.692. The molecule has 0 fully saturated rings. The van der Waals surface area contributed by atoms with Gasteiger partial charge in [-0.15, -0.1) is 0 Å². The predicted octanol–water partition coefficient (Wildman–Crippen LogP) is 1.82. The molecule has 0 saturated carbocycles. The van der Waals surface area contributed by atoms with E-state index < -0.39 is 6.10 Å². The number of methoxy groups -OCH3 is 1. The van der Waals surface area contributed by atoms with Crippen LogP contribution in [0.3, 0.4) is 0 Å². The third-order valence-electron chi connectivity index (χ3n) is 2.79. The van der Waals surface area contributed by atoms with E-state index >= 15 is 0 Å². The average Bonchev–Trinajstić information content (AvgIpc) is 2.75. The number of benzene rings is 1. The first-order valence-corrected chi connectivity index (χ1v) is 5.44. The van der Waals surface area contributed by atoms with Crippen LogP contribution in [-0.4, -0.2) is 22.0 Å². The molecule has 0 spiro atoms. The largest absolute Gasteiger partial charge is 0.497 e. The van der Waals surface area contributed by atoms with E-state index in [0.29, 0.717) is 5.69 Å². The van der Waals surface area contributed by atoms with Crippen molar-refractivity contribution in [3.05, 3.63) is 47.3 Å². The topological polar surface area (TPSA) is 47.3 Å². The van der Waals surface area contributed by atoms with Crippen molar-refractivity contribution in [2.45, 2.75) is 13.0 Å². The molecule has 0 radical (unpaired) electrons. The van der Waals surface area contributed by atoms with Crippen LogP contribution in [-0.2, 0) is 7.05 Å². The van der Waals surface area contributed by atoms with Gasteiger partial charge in [0.25, 0.3) is 0 Å². The van der Waals surface area contributed by atoms with Crippen LogP contribution in [0.15, 0.2) is 30.5 Å². The molecule has 90 valence electrons. The molecule has 1 unspecified atom stereocenters. The second-order valence-electron chi connectivity index (χ2n) is 4.04. The third-order valence-corrected chi connectivity index (χ3v) is 2.79. The van der Waals surface area contributed by atoms with E-state index in [-0.39, 0.29) is 0 Å². The zero-order valence-electron chi connectivity index (χ0n) is 10.2. The Balaban J connectivity index is 2.34. The van der Waals surface area contributed by atoms with Crippen molar-refractivity contribution < 1.29 is 9.84 Å². The fraction of sp³-hybridized carbons (Fsp3) is 0.308. The summed E-state index contributed by atoms with van der Waals surface area (Å²) >= 11 is 0. The van der Waals surface area contributed by atoms with Crippen molar-refractivity contribution in [3.8, 4) is 5.75 Å². The number of ether oxygens (including phenoxy) is 1. The van der Waals surface area contributed by atoms with Crippen LogP contribution < -0.4 is 4.74 Å². The molecule has 1 aromatic carbocycles. The lowest BCUT2D eigenvalue weighted by Crippen LogP contribution is -2.04. The zero-order chi connectivity index (χ0) is 12.4. The molecule has 0 bridgehead atoms. The lowest BCUT2D eigenvalue weighted by molar-refractivity contribution is 0.213. The van der Waals surface area contributed by atoms with Crippen LogP contribution in [0.1, 0.15) is 22.9 Å². The van der Waals surface area contributed by atoms with Crippen LogP contribution in [0.4, 0.5) is 0 Å². The summed E-state index contributed by atoms with van der Waals surface area (Å²) < 4.78 is 6.82. The first kappa shape index (κ1) is 11.7. The number of aliphatic hydroxyl groups excluding tert-OH is 1. The van der Waals surface area contributed by atoms with Gasteiger partial charge in [-0.1, -0.05) is 6.07 Å². The maximum absolute atomic E-state index is 10.2. The number of rotatable bonds is 3. The number of hydrogen-bond acceptors (Lipinski definition) is 3. The normalized spacial score (nSPS) is 12.5. The Morgan fingerprint density at radius 1 is 1.35 bits per heavy atom. The summed E-state index contributed by atoms with van der Waals surface area (Å²) in [6.45, 7) is 1.95. The van der Waals surface area contributed by atoms with E-state index in [4.69, 9.17) is 4.74 Å². The van der Waals surface area contributed by atoms with Crippen molar-refractivity contribution in [3.63, 3.8) is 0 Å². The second kappa shape index (κ2) is 4.59. The maximum atomic E-state index is 10.2. The number of aliphatic hydroxyl groups is 1. The maximum Gasteiger partial charge on any atom is 0.123 e. The summed E-state index contributed by atoms with van der Waals surface area (Å²) in [5.41, 5.74) is 2.49. The average molecular weight is 232 g/mol. The molecule has 4 heteroatoms. The fourth-order valence-corrected chi connectivity index (χ4v) is 1.82. The van der Waals surface area contributed by atoms with Crippen LogP contribution >= 0.6 is 0 Å². The van der Waals surface area contributed by atoms with Crippen molar-refractivity contribution in [1.29, 1.82) is 0 Å². The lowest BCUT2D eigenvalue weighted by Gasteiger charge is -2.12. The van der Waals surface area contributed by atoms with E-state index in [1.165, 1.54) is 0 Å². The van der Waals surface area contributed by atoms with E-state index in [2.05, 4.69) is 5.10 Å². The summed E-state index contributed by atoms with van der Waals surface area (Å²) in [5.74, 6) is 0.791. The molecule has 0 aliphatic heterocycles. The third kappa shape index (κ3) is 2.31. The van der Waals surface area contributed by atoms with E-state index in [1.807, 2.05) is 44.4 Å². The molecular formula is C13H16N2O2. The highest BCUT2D eigenvalue weighted by Gasteiger charge is 2.15. The van der Waals surface area contributed by atoms with Gasteiger partial charge in [0.05, 0.1) is 12.8 Å².